The third-order valence-corrected chi connectivity index (χ3v) is 7.06. The van der Waals surface area contributed by atoms with Gasteiger partial charge in [0.2, 0.25) is 0 Å². The second-order valence-corrected chi connectivity index (χ2v) is 9.81. The van der Waals surface area contributed by atoms with Crippen LogP contribution in [0.3, 0.4) is 0 Å². The van der Waals surface area contributed by atoms with Crippen molar-refractivity contribution in [2.75, 3.05) is 44.7 Å². The molecule has 40 heavy (non-hydrogen) atoms. The molecule has 0 bridgehead atoms. The van der Waals surface area contributed by atoms with Crippen molar-refractivity contribution in [3.8, 4) is 11.1 Å². The molecule has 1 fully saturated rings. The lowest BCUT2D eigenvalue weighted by molar-refractivity contribution is -0.137. The number of morpholine rings is 1. The van der Waals surface area contributed by atoms with E-state index >= 15 is 0 Å². The summed E-state index contributed by atoms with van der Waals surface area (Å²) >= 11 is 0. The maximum absolute atomic E-state index is 13.1. The fourth-order valence-electron chi connectivity index (χ4n) is 4.85. The monoisotopic (exact) mass is 550 g/mol. The van der Waals surface area contributed by atoms with E-state index in [1.165, 1.54) is 12.1 Å². The number of alkyl halides is 3. The summed E-state index contributed by atoms with van der Waals surface area (Å²) in [6.45, 7) is 6.75. The van der Waals surface area contributed by atoms with Crippen molar-refractivity contribution in [3.05, 3.63) is 88.5 Å². The Labute approximate surface area is 230 Å². The van der Waals surface area contributed by atoms with Gasteiger partial charge < -0.3 is 15.4 Å². The Bertz CT molecular complexity index is 1460. The lowest BCUT2D eigenvalue weighted by Crippen LogP contribution is -2.42. The number of nitrogens with one attached hydrogen (secondary N) is 2. The summed E-state index contributed by atoms with van der Waals surface area (Å²) in [5.41, 5.74) is 4.33. The molecule has 2 aliphatic heterocycles. The first-order valence-corrected chi connectivity index (χ1v) is 13.0. The van der Waals surface area contributed by atoms with Gasteiger partial charge in [-0.3, -0.25) is 19.5 Å². The minimum atomic E-state index is -4.53. The predicted octanol–water partition coefficient (Wildman–Crippen LogP) is 4.68. The van der Waals surface area contributed by atoms with Crippen LogP contribution in [0.25, 0.3) is 11.1 Å². The third kappa shape index (κ3) is 6.24. The Morgan fingerprint density at radius 2 is 1.77 bits per heavy atom. The van der Waals surface area contributed by atoms with Crippen LogP contribution in [0.15, 0.2) is 65.7 Å². The van der Waals surface area contributed by atoms with E-state index in [2.05, 4.69) is 20.5 Å². The van der Waals surface area contributed by atoms with Crippen LogP contribution in [0.5, 0.6) is 0 Å². The molecule has 5 rings (SSSR count). The fourth-order valence-corrected chi connectivity index (χ4v) is 4.85. The van der Waals surface area contributed by atoms with E-state index in [1.807, 2.05) is 31.2 Å². The summed E-state index contributed by atoms with van der Waals surface area (Å²) < 4.78 is 44.5. The SMILES string of the molecule is Cc1ccc(NC(=O)c2cccc(C(F)(F)F)c2)cc1-c1ccc2c(c1)CN=C2C(=O)NCCN1CCOCC1. The van der Waals surface area contributed by atoms with E-state index in [-0.39, 0.29) is 11.5 Å². The maximum Gasteiger partial charge on any atom is 0.416 e. The van der Waals surface area contributed by atoms with Gasteiger partial charge in [-0.05, 0) is 65.6 Å². The molecule has 2 heterocycles. The highest BCUT2D eigenvalue weighted by molar-refractivity contribution is 6.46. The van der Waals surface area contributed by atoms with E-state index < -0.39 is 17.6 Å². The van der Waals surface area contributed by atoms with Crippen LogP contribution < -0.4 is 10.6 Å². The highest BCUT2D eigenvalue weighted by Gasteiger charge is 2.31. The molecule has 208 valence electrons. The number of halogens is 3. The zero-order valence-corrected chi connectivity index (χ0v) is 22.0. The Morgan fingerprint density at radius 1 is 0.975 bits per heavy atom. The average Bonchev–Trinajstić information content (AvgIpc) is 3.38. The molecule has 7 nitrogen and oxygen atoms in total. The van der Waals surface area contributed by atoms with Crippen molar-refractivity contribution in [2.24, 2.45) is 4.99 Å². The predicted molar refractivity (Wildman–Crippen MR) is 147 cm³/mol. The number of ether oxygens (including phenoxy) is 1. The van der Waals surface area contributed by atoms with Gasteiger partial charge >= 0.3 is 6.18 Å². The lowest BCUT2D eigenvalue weighted by atomic mass is 9.95. The Balaban J connectivity index is 1.27. The van der Waals surface area contributed by atoms with Crippen LogP contribution in [0.4, 0.5) is 18.9 Å². The largest absolute Gasteiger partial charge is 0.416 e. The van der Waals surface area contributed by atoms with Gasteiger partial charge in [0.15, 0.2) is 0 Å². The fraction of sp³-hybridized carbons (Fsp3) is 0.300. The Morgan fingerprint density at radius 3 is 2.55 bits per heavy atom. The van der Waals surface area contributed by atoms with Gasteiger partial charge in [0.1, 0.15) is 5.71 Å². The summed E-state index contributed by atoms with van der Waals surface area (Å²) in [4.78, 5) is 32.2. The normalized spacial score (nSPS) is 15.3. The minimum Gasteiger partial charge on any atom is -0.379 e. The topological polar surface area (TPSA) is 83.0 Å². The van der Waals surface area contributed by atoms with E-state index in [4.69, 9.17) is 4.74 Å². The summed E-state index contributed by atoms with van der Waals surface area (Å²) in [7, 11) is 0. The third-order valence-electron chi connectivity index (χ3n) is 7.06. The first-order chi connectivity index (χ1) is 19.2. The Hall–Kier alpha value is -4.02. The van der Waals surface area contributed by atoms with Gasteiger partial charge in [-0.25, -0.2) is 0 Å². The molecule has 0 saturated carbocycles. The molecule has 0 atom stereocenters. The molecule has 0 unspecified atom stereocenters. The average molecular weight is 551 g/mol. The number of anilines is 1. The van der Waals surface area contributed by atoms with Gasteiger partial charge in [-0.1, -0.05) is 24.3 Å². The van der Waals surface area contributed by atoms with E-state index in [1.54, 1.807) is 12.1 Å². The van der Waals surface area contributed by atoms with Crippen LogP contribution in [0, 0.1) is 6.92 Å². The molecule has 0 spiro atoms. The van der Waals surface area contributed by atoms with Gasteiger partial charge in [-0.15, -0.1) is 0 Å². The highest BCUT2D eigenvalue weighted by Crippen LogP contribution is 2.32. The lowest BCUT2D eigenvalue weighted by Gasteiger charge is -2.26. The first kappa shape index (κ1) is 27.5. The molecule has 1 saturated heterocycles. The van der Waals surface area contributed by atoms with Crippen LogP contribution in [0.2, 0.25) is 0 Å². The summed E-state index contributed by atoms with van der Waals surface area (Å²) in [5, 5.41) is 5.66. The number of hydrogen-bond donors (Lipinski definition) is 2. The van der Waals surface area contributed by atoms with Crippen molar-refractivity contribution >= 4 is 23.2 Å². The number of aliphatic imine (C=N–C) groups is 1. The van der Waals surface area contributed by atoms with Crippen LogP contribution in [-0.2, 0) is 22.3 Å². The number of carbonyl (C=O) groups excluding carboxylic acids is 2. The number of nitrogens with zero attached hydrogens (tertiary/aromatic N) is 2. The molecule has 0 aromatic heterocycles. The highest BCUT2D eigenvalue weighted by atomic mass is 19.4. The van der Waals surface area contributed by atoms with Crippen molar-refractivity contribution in [1.29, 1.82) is 0 Å². The number of carbonyl (C=O) groups is 2. The van der Waals surface area contributed by atoms with Crippen LogP contribution in [0.1, 0.15) is 32.6 Å². The molecule has 2 N–H and O–H groups in total. The molecular weight excluding hydrogens is 521 g/mol. The van der Waals surface area contributed by atoms with E-state index in [9.17, 15) is 22.8 Å². The van der Waals surface area contributed by atoms with Gasteiger partial charge in [0.05, 0.1) is 25.3 Å². The number of benzene rings is 3. The standard InChI is InChI=1S/C30H29F3N4O3/c1-19-5-7-24(36-28(38)21-3-2-4-23(16-21)30(31,32)33)17-26(19)20-6-8-25-22(15-20)18-35-27(25)29(39)34-9-10-37-11-13-40-14-12-37/h2-8,15-17H,9-14,18H2,1H3,(H,34,39)(H,36,38). The number of hydrogen-bond acceptors (Lipinski definition) is 5. The molecule has 3 aromatic rings. The second-order valence-electron chi connectivity index (χ2n) is 9.81. The molecule has 0 aliphatic carbocycles. The Kier molecular flexibility index (Phi) is 7.99. The summed E-state index contributed by atoms with van der Waals surface area (Å²) in [5.74, 6) is -0.831. The van der Waals surface area contributed by atoms with E-state index in [0.29, 0.717) is 37.7 Å². The molecular formula is C30H29F3N4O3. The smallest absolute Gasteiger partial charge is 0.379 e. The van der Waals surface area contributed by atoms with Crippen molar-refractivity contribution in [1.82, 2.24) is 10.2 Å². The number of rotatable bonds is 7. The molecule has 3 aromatic carbocycles. The van der Waals surface area contributed by atoms with Crippen LogP contribution >= 0.6 is 0 Å². The van der Waals surface area contributed by atoms with Gasteiger partial charge in [0, 0.05) is 43.0 Å². The van der Waals surface area contributed by atoms with Crippen molar-refractivity contribution in [2.45, 2.75) is 19.6 Å². The zero-order valence-electron chi connectivity index (χ0n) is 22.0. The van der Waals surface area contributed by atoms with Crippen LogP contribution in [-0.4, -0.2) is 61.8 Å². The number of amides is 2. The van der Waals surface area contributed by atoms with Crippen molar-refractivity contribution < 1.29 is 27.5 Å². The molecule has 10 heteroatoms. The number of fused-ring (bicyclic) bond motifs is 1. The van der Waals surface area contributed by atoms with Crippen molar-refractivity contribution in [3.63, 3.8) is 0 Å². The summed E-state index contributed by atoms with van der Waals surface area (Å²) in [6, 6.07) is 15.4. The number of aryl methyl sites for hydroxylation is 1. The quantitative estimate of drug-likeness (QED) is 0.448. The summed E-state index contributed by atoms with van der Waals surface area (Å²) in [6.07, 6.45) is -4.53. The molecule has 2 aliphatic rings. The minimum absolute atomic E-state index is 0.0811. The molecule has 0 radical (unpaired) electrons. The maximum atomic E-state index is 13.1. The zero-order chi connectivity index (χ0) is 28.3. The van der Waals surface area contributed by atoms with Gasteiger partial charge in [-0.2, -0.15) is 13.2 Å². The first-order valence-electron chi connectivity index (χ1n) is 13.0. The molecule has 2 amide bonds. The van der Waals surface area contributed by atoms with E-state index in [0.717, 1.165) is 59.6 Å². The second kappa shape index (κ2) is 11.6. The van der Waals surface area contributed by atoms with Gasteiger partial charge in [0.25, 0.3) is 11.8 Å².